The normalized spacial score (nSPS) is 11.8. The number of benzene rings is 10. The second kappa shape index (κ2) is 11.3. The second-order valence-electron chi connectivity index (χ2n) is 13.7. The molecule has 0 spiro atoms. The van der Waals surface area contributed by atoms with Crippen LogP contribution in [0.15, 0.2) is 192 Å². The van der Waals surface area contributed by atoms with Crippen molar-refractivity contribution in [2.75, 3.05) is 4.90 Å². The summed E-state index contributed by atoms with van der Waals surface area (Å²) in [6.07, 6.45) is 0. The summed E-state index contributed by atoms with van der Waals surface area (Å²) in [5.41, 5.74) is 7.29. The van der Waals surface area contributed by atoms with Gasteiger partial charge in [0.15, 0.2) is 5.58 Å². The van der Waals surface area contributed by atoms with Gasteiger partial charge in [-0.15, -0.1) is 0 Å². The summed E-state index contributed by atoms with van der Waals surface area (Å²) >= 11 is 0. The lowest BCUT2D eigenvalue weighted by Crippen LogP contribution is -2.10. The van der Waals surface area contributed by atoms with Crippen LogP contribution in [-0.4, -0.2) is 0 Å². The third-order valence-electron chi connectivity index (χ3n) is 10.8. The number of fused-ring (bicyclic) bond motifs is 11. The zero-order chi connectivity index (χ0) is 34.2. The molecular weight excluding hydrogens is 631 g/mol. The van der Waals surface area contributed by atoms with Crippen LogP contribution < -0.4 is 4.90 Å². The minimum atomic E-state index is 0.878. The highest BCUT2D eigenvalue weighted by atomic mass is 16.3. The van der Waals surface area contributed by atoms with E-state index in [4.69, 9.17) is 4.42 Å². The van der Waals surface area contributed by atoms with Gasteiger partial charge in [-0.05, 0) is 107 Å². The Morgan fingerprint density at radius 1 is 0.327 bits per heavy atom. The Labute approximate surface area is 300 Å². The fraction of sp³-hybridized carbons (Fsp3) is 0. The fourth-order valence-corrected chi connectivity index (χ4v) is 8.27. The Morgan fingerprint density at radius 2 is 0.846 bits per heavy atom. The summed E-state index contributed by atoms with van der Waals surface area (Å²) in [6.45, 7) is 0. The van der Waals surface area contributed by atoms with Crippen LogP contribution in [0.1, 0.15) is 0 Å². The Bertz CT molecular complexity index is 3190. The van der Waals surface area contributed by atoms with E-state index in [1.54, 1.807) is 0 Å². The SMILES string of the molecule is c1ccc2c(c1)ccc1cc(-c3ccc(N(c4ccc5ccc6ccccc6c5c4)c4cc5ccccc5c5c4oc4ccccc45)cc3)ccc12. The molecule has 0 aliphatic heterocycles. The largest absolute Gasteiger partial charge is 0.454 e. The van der Waals surface area contributed by atoms with Crippen LogP contribution in [0.25, 0.3) is 86.9 Å². The Morgan fingerprint density at radius 3 is 1.62 bits per heavy atom. The van der Waals surface area contributed by atoms with Gasteiger partial charge in [-0.3, -0.25) is 0 Å². The fourth-order valence-electron chi connectivity index (χ4n) is 8.27. The average Bonchev–Trinajstić information content (AvgIpc) is 3.61. The molecule has 11 aromatic rings. The van der Waals surface area contributed by atoms with Crippen LogP contribution in [0.3, 0.4) is 0 Å². The van der Waals surface area contributed by atoms with Crippen molar-refractivity contribution < 1.29 is 4.42 Å². The topological polar surface area (TPSA) is 16.4 Å². The van der Waals surface area contributed by atoms with Gasteiger partial charge in [-0.25, -0.2) is 0 Å². The van der Waals surface area contributed by atoms with E-state index in [0.717, 1.165) is 39.0 Å². The van der Waals surface area contributed by atoms with E-state index in [2.05, 4.69) is 187 Å². The van der Waals surface area contributed by atoms with Crippen LogP contribution in [0, 0.1) is 0 Å². The third kappa shape index (κ3) is 4.44. The molecular formula is C50H31NO. The number of hydrogen-bond acceptors (Lipinski definition) is 2. The van der Waals surface area contributed by atoms with Crippen LogP contribution in [-0.2, 0) is 0 Å². The Balaban J connectivity index is 1.13. The van der Waals surface area contributed by atoms with Crippen molar-refractivity contribution in [3.05, 3.63) is 188 Å². The van der Waals surface area contributed by atoms with Gasteiger partial charge in [0.25, 0.3) is 0 Å². The van der Waals surface area contributed by atoms with Crippen molar-refractivity contribution in [2.45, 2.75) is 0 Å². The third-order valence-corrected chi connectivity index (χ3v) is 10.8. The van der Waals surface area contributed by atoms with E-state index in [1.807, 2.05) is 6.07 Å². The molecule has 1 aromatic heterocycles. The van der Waals surface area contributed by atoms with E-state index < -0.39 is 0 Å². The molecule has 242 valence electrons. The summed E-state index contributed by atoms with van der Waals surface area (Å²) < 4.78 is 6.80. The minimum Gasteiger partial charge on any atom is -0.454 e. The lowest BCUT2D eigenvalue weighted by Gasteiger charge is -2.27. The Kier molecular flexibility index (Phi) is 6.28. The summed E-state index contributed by atoms with van der Waals surface area (Å²) in [6, 6.07) is 68.1. The molecule has 0 atom stereocenters. The van der Waals surface area contributed by atoms with Crippen molar-refractivity contribution in [1.29, 1.82) is 0 Å². The summed E-state index contributed by atoms with van der Waals surface area (Å²) in [7, 11) is 0. The van der Waals surface area contributed by atoms with Gasteiger partial charge in [0, 0.05) is 22.1 Å². The van der Waals surface area contributed by atoms with Crippen molar-refractivity contribution in [1.82, 2.24) is 0 Å². The zero-order valence-corrected chi connectivity index (χ0v) is 28.3. The maximum absolute atomic E-state index is 6.80. The van der Waals surface area contributed by atoms with Gasteiger partial charge in [0.05, 0.1) is 5.69 Å². The molecule has 0 saturated heterocycles. The quantitative estimate of drug-likeness (QED) is 0.175. The van der Waals surface area contributed by atoms with E-state index in [0.29, 0.717) is 0 Å². The van der Waals surface area contributed by atoms with Gasteiger partial charge in [-0.2, -0.15) is 0 Å². The number of nitrogens with zero attached hydrogens (tertiary/aromatic N) is 1. The number of anilines is 3. The van der Waals surface area contributed by atoms with Crippen LogP contribution >= 0.6 is 0 Å². The summed E-state index contributed by atoms with van der Waals surface area (Å²) in [5, 5.41) is 14.6. The number of rotatable bonds is 4. The van der Waals surface area contributed by atoms with E-state index in [1.165, 1.54) is 65.0 Å². The molecule has 0 saturated carbocycles. The predicted octanol–water partition coefficient (Wildman–Crippen LogP) is 14.5. The highest BCUT2D eigenvalue weighted by Crippen LogP contribution is 2.46. The van der Waals surface area contributed by atoms with E-state index in [-0.39, 0.29) is 0 Å². The average molecular weight is 662 g/mol. The van der Waals surface area contributed by atoms with Crippen molar-refractivity contribution in [2.24, 2.45) is 0 Å². The van der Waals surface area contributed by atoms with Crippen LogP contribution in [0.2, 0.25) is 0 Å². The van der Waals surface area contributed by atoms with Crippen LogP contribution in [0.5, 0.6) is 0 Å². The Hall–Kier alpha value is -6.90. The lowest BCUT2D eigenvalue weighted by molar-refractivity contribution is 0.669. The zero-order valence-electron chi connectivity index (χ0n) is 28.3. The highest BCUT2D eigenvalue weighted by Gasteiger charge is 2.22. The first kappa shape index (κ1) is 28.9. The van der Waals surface area contributed by atoms with E-state index >= 15 is 0 Å². The van der Waals surface area contributed by atoms with Gasteiger partial charge < -0.3 is 9.32 Å². The van der Waals surface area contributed by atoms with E-state index in [9.17, 15) is 0 Å². The number of furan rings is 1. The van der Waals surface area contributed by atoms with Gasteiger partial charge in [0.1, 0.15) is 5.58 Å². The second-order valence-corrected chi connectivity index (χ2v) is 13.7. The summed E-state index contributed by atoms with van der Waals surface area (Å²) in [4.78, 5) is 2.37. The van der Waals surface area contributed by atoms with Crippen molar-refractivity contribution in [3.63, 3.8) is 0 Å². The monoisotopic (exact) mass is 661 g/mol. The summed E-state index contributed by atoms with van der Waals surface area (Å²) in [5.74, 6) is 0. The lowest BCUT2D eigenvalue weighted by atomic mass is 9.97. The molecule has 0 N–H and O–H groups in total. The first-order valence-corrected chi connectivity index (χ1v) is 17.8. The predicted molar refractivity (Wildman–Crippen MR) is 221 cm³/mol. The van der Waals surface area contributed by atoms with Crippen LogP contribution in [0.4, 0.5) is 17.1 Å². The molecule has 52 heavy (non-hydrogen) atoms. The molecule has 2 nitrogen and oxygen atoms in total. The van der Waals surface area contributed by atoms with Gasteiger partial charge >= 0.3 is 0 Å². The molecule has 1 heterocycles. The smallest absolute Gasteiger partial charge is 0.160 e. The molecule has 0 fully saturated rings. The molecule has 0 aliphatic rings. The van der Waals surface area contributed by atoms with Gasteiger partial charge in [-0.1, -0.05) is 146 Å². The number of hydrogen-bond donors (Lipinski definition) is 0. The van der Waals surface area contributed by atoms with Gasteiger partial charge in [0.2, 0.25) is 0 Å². The molecule has 2 heteroatoms. The first-order valence-electron chi connectivity index (χ1n) is 17.8. The number of para-hydroxylation sites is 1. The minimum absolute atomic E-state index is 0.878. The molecule has 0 amide bonds. The van der Waals surface area contributed by atoms with Crippen molar-refractivity contribution >= 4 is 92.9 Å². The highest BCUT2D eigenvalue weighted by molar-refractivity contribution is 6.23. The molecule has 10 aromatic carbocycles. The molecule has 0 bridgehead atoms. The van der Waals surface area contributed by atoms with Crippen molar-refractivity contribution in [3.8, 4) is 11.1 Å². The molecule has 0 radical (unpaired) electrons. The molecule has 0 aliphatic carbocycles. The molecule has 11 rings (SSSR count). The maximum atomic E-state index is 6.80. The first-order chi connectivity index (χ1) is 25.8. The standard InChI is InChI=1S/C50H31NO/c1-4-12-41-33(9-1)19-20-38-29-36(24-28-43(38)41)32-21-25-39(26-22-32)51(40-27-23-35-18-17-34-10-2-5-13-42(34)46(35)31-40)47-30-37-11-3-6-14-44(37)49-45-15-7-8-16-48(45)52-50(47)49/h1-31H. The maximum Gasteiger partial charge on any atom is 0.160 e. The molecule has 0 unspecified atom stereocenters.